The van der Waals surface area contributed by atoms with Crippen LogP contribution in [0.25, 0.3) is 10.2 Å². The van der Waals surface area contributed by atoms with E-state index in [2.05, 4.69) is 54.5 Å². The summed E-state index contributed by atoms with van der Waals surface area (Å²) < 4.78 is 6.67. The maximum atomic E-state index is 5.49. The van der Waals surface area contributed by atoms with Gasteiger partial charge in [-0.1, -0.05) is 0 Å². The van der Waals surface area contributed by atoms with Gasteiger partial charge in [0.15, 0.2) is 0 Å². The molecule has 0 amide bonds. The minimum Gasteiger partial charge on any atom is -0.379 e. The first kappa shape index (κ1) is 19.3. The van der Waals surface area contributed by atoms with E-state index in [4.69, 9.17) is 9.72 Å². The van der Waals surface area contributed by atoms with Crippen molar-refractivity contribution in [2.24, 2.45) is 0 Å². The van der Waals surface area contributed by atoms with Gasteiger partial charge in [0.1, 0.15) is 16.5 Å². The van der Waals surface area contributed by atoms with E-state index in [-0.39, 0.29) is 0 Å². The molecule has 0 unspecified atom stereocenters. The van der Waals surface area contributed by atoms with E-state index in [9.17, 15) is 0 Å². The molecule has 1 aliphatic heterocycles. The summed E-state index contributed by atoms with van der Waals surface area (Å²) in [5, 5.41) is 5.51. The lowest BCUT2D eigenvalue weighted by Crippen LogP contribution is -2.41. The Morgan fingerprint density at radius 2 is 2.04 bits per heavy atom. The molecule has 0 aromatic carbocycles. The van der Waals surface area contributed by atoms with Crippen LogP contribution in [0.3, 0.4) is 0 Å². The molecular formula is C19H23BrN4OS2. The second-order valence-corrected chi connectivity index (χ2v) is 9.47. The molecule has 0 spiro atoms. The molecule has 0 N–H and O–H groups in total. The normalized spacial score (nSPS) is 15.5. The van der Waals surface area contributed by atoms with Crippen molar-refractivity contribution in [1.29, 1.82) is 0 Å². The van der Waals surface area contributed by atoms with Crippen molar-refractivity contribution >= 4 is 54.6 Å². The van der Waals surface area contributed by atoms with E-state index >= 15 is 0 Å². The molecule has 0 saturated carbocycles. The van der Waals surface area contributed by atoms with Gasteiger partial charge in [-0.2, -0.15) is 0 Å². The van der Waals surface area contributed by atoms with Crippen molar-refractivity contribution in [2.75, 3.05) is 44.3 Å². The third-order valence-electron chi connectivity index (χ3n) is 4.83. The fraction of sp³-hybridized carbons (Fsp3) is 0.474. The molecule has 4 rings (SSSR count). The quantitative estimate of drug-likeness (QED) is 0.535. The topological polar surface area (TPSA) is 41.5 Å². The molecular weight excluding hydrogens is 444 g/mol. The van der Waals surface area contributed by atoms with E-state index in [1.54, 1.807) is 22.7 Å². The molecule has 4 heterocycles. The summed E-state index contributed by atoms with van der Waals surface area (Å²) >= 11 is 7.18. The number of aryl methyl sites for hydroxylation is 2. The Labute approximate surface area is 176 Å². The molecule has 27 heavy (non-hydrogen) atoms. The van der Waals surface area contributed by atoms with Crippen molar-refractivity contribution in [3.8, 4) is 0 Å². The number of rotatable bonds is 6. The monoisotopic (exact) mass is 466 g/mol. The predicted molar refractivity (Wildman–Crippen MR) is 117 cm³/mol. The van der Waals surface area contributed by atoms with Gasteiger partial charge in [-0.15, -0.1) is 22.7 Å². The third-order valence-corrected chi connectivity index (χ3v) is 7.73. The highest BCUT2D eigenvalue weighted by Crippen LogP contribution is 2.33. The van der Waals surface area contributed by atoms with E-state index < -0.39 is 0 Å². The zero-order valence-electron chi connectivity index (χ0n) is 15.6. The van der Waals surface area contributed by atoms with Crippen LogP contribution in [-0.2, 0) is 11.3 Å². The second kappa shape index (κ2) is 8.53. The van der Waals surface area contributed by atoms with E-state index in [1.165, 1.54) is 20.3 Å². The number of thiophene rings is 2. The Hall–Kier alpha value is -1.06. The lowest BCUT2D eigenvalue weighted by Gasteiger charge is -2.31. The Balaban J connectivity index is 1.66. The van der Waals surface area contributed by atoms with Gasteiger partial charge in [-0.05, 0) is 52.2 Å². The SMILES string of the molecule is Cc1nc(N(CCN2CCOCC2)Cc2sccc2Br)c2c(C)csc2n1. The minimum absolute atomic E-state index is 0.830. The highest BCUT2D eigenvalue weighted by molar-refractivity contribution is 9.10. The molecule has 1 saturated heterocycles. The maximum Gasteiger partial charge on any atom is 0.141 e. The van der Waals surface area contributed by atoms with Gasteiger partial charge >= 0.3 is 0 Å². The summed E-state index contributed by atoms with van der Waals surface area (Å²) in [5.74, 6) is 1.89. The predicted octanol–water partition coefficient (Wildman–Crippen LogP) is 4.47. The van der Waals surface area contributed by atoms with Crippen LogP contribution in [0.4, 0.5) is 5.82 Å². The van der Waals surface area contributed by atoms with Crippen LogP contribution in [0.15, 0.2) is 21.3 Å². The zero-order chi connectivity index (χ0) is 18.8. The number of fused-ring (bicyclic) bond motifs is 1. The van der Waals surface area contributed by atoms with E-state index in [0.717, 1.165) is 62.4 Å². The first-order chi connectivity index (χ1) is 13.1. The lowest BCUT2D eigenvalue weighted by atomic mass is 10.2. The van der Waals surface area contributed by atoms with Crippen molar-refractivity contribution < 1.29 is 4.74 Å². The van der Waals surface area contributed by atoms with Crippen molar-refractivity contribution in [2.45, 2.75) is 20.4 Å². The standard InChI is InChI=1S/C19H23BrN4OS2/c1-13-12-27-19-17(13)18(21-14(2)22-19)24(11-16-15(20)3-10-26-16)5-4-23-6-8-25-9-7-23/h3,10,12H,4-9,11H2,1-2H3. The van der Waals surface area contributed by atoms with Crippen molar-refractivity contribution in [1.82, 2.24) is 14.9 Å². The number of ether oxygens (including phenoxy) is 1. The van der Waals surface area contributed by atoms with Gasteiger partial charge in [0.2, 0.25) is 0 Å². The van der Waals surface area contributed by atoms with Crippen molar-refractivity contribution in [3.05, 3.63) is 37.6 Å². The summed E-state index contributed by atoms with van der Waals surface area (Å²) in [5.41, 5.74) is 1.26. The average Bonchev–Trinajstić information content (AvgIpc) is 3.24. The first-order valence-electron chi connectivity index (χ1n) is 9.11. The Kier molecular flexibility index (Phi) is 6.08. The molecule has 0 atom stereocenters. The fourth-order valence-corrected chi connectivity index (χ4v) is 5.81. The molecule has 1 fully saturated rings. The Bertz CT molecular complexity index is 920. The first-order valence-corrected chi connectivity index (χ1v) is 11.7. The molecule has 144 valence electrons. The van der Waals surface area contributed by atoms with Crippen LogP contribution in [0.5, 0.6) is 0 Å². The van der Waals surface area contributed by atoms with Crippen molar-refractivity contribution in [3.63, 3.8) is 0 Å². The maximum absolute atomic E-state index is 5.49. The number of morpholine rings is 1. The number of halogens is 1. The molecule has 0 radical (unpaired) electrons. The van der Waals surface area contributed by atoms with Crippen LogP contribution in [0, 0.1) is 13.8 Å². The van der Waals surface area contributed by atoms with Gasteiger partial charge in [0.05, 0.1) is 25.1 Å². The third kappa shape index (κ3) is 4.35. The number of nitrogens with zero attached hydrogens (tertiary/aromatic N) is 4. The molecule has 3 aromatic heterocycles. The summed E-state index contributed by atoms with van der Waals surface area (Å²) in [6.07, 6.45) is 0. The van der Waals surface area contributed by atoms with Gasteiger partial charge < -0.3 is 9.64 Å². The second-order valence-electron chi connectivity index (χ2n) is 6.76. The van der Waals surface area contributed by atoms with E-state index in [1.807, 2.05) is 6.92 Å². The van der Waals surface area contributed by atoms with Crippen LogP contribution in [-0.4, -0.2) is 54.3 Å². The number of hydrogen-bond donors (Lipinski definition) is 0. The molecule has 5 nitrogen and oxygen atoms in total. The summed E-state index contributed by atoms with van der Waals surface area (Å²) in [4.78, 5) is 16.8. The van der Waals surface area contributed by atoms with Crippen LogP contribution in [0.1, 0.15) is 16.3 Å². The molecule has 3 aromatic rings. The van der Waals surface area contributed by atoms with Gasteiger partial charge in [-0.25, -0.2) is 9.97 Å². The Morgan fingerprint density at radius 1 is 1.22 bits per heavy atom. The van der Waals surface area contributed by atoms with Crippen LogP contribution in [0.2, 0.25) is 0 Å². The fourth-order valence-electron chi connectivity index (χ4n) is 3.35. The highest BCUT2D eigenvalue weighted by Gasteiger charge is 2.20. The van der Waals surface area contributed by atoms with E-state index in [0.29, 0.717) is 0 Å². The minimum atomic E-state index is 0.830. The summed E-state index contributed by atoms with van der Waals surface area (Å²) in [7, 11) is 0. The van der Waals surface area contributed by atoms with Gasteiger partial charge in [-0.3, -0.25) is 4.90 Å². The number of aromatic nitrogens is 2. The number of anilines is 1. The molecule has 8 heteroatoms. The Morgan fingerprint density at radius 3 is 2.78 bits per heavy atom. The molecule has 0 aliphatic carbocycles. The molecule has 0 bridgehead atoms. The number of hydrogen-bond acceptors (Lipinski definition) is 7. The average molecular weight is 467 g/mol. The summed E-state index contributed by atoms with van der Waals surface area (Å²) in [6, 6.07) is 2.12. The van der Waals surface area contributed by atoms with Gasteiger partial charge in [0.25, 0.3) is 0 Å². The van der Waals surface area contributed by atoms with Crippen LogP contribution < -0.4 is 4.90 Å². The highest BCUT2D eigenvalue weighted by atomic mass is 79.9. The largest absolute Gasteiger partial charge is 0.379 e. The lowest BCUT2D eigenvalue weighted by molar-refractivity contribution is 0.0391. The molecule has 1 aliphatic rings. The summed E-state index contributed by atoms with van der Waals surface area (Å²) in [6.45, 7) is 10.6. The smallest absolute Gasteiger partial charge is 0.141 e. The van der Waals surface area contributed by atoms with Gasteiger partial charge in [0, 0.05) is 35.5 Å². The zero-order valence-corrected chi connectivity index (χ0v) is 18.8. The van der Waals surface area contributed by atoms with Crippen LogP contribution >= 0.6 is 38.6 Å².